The lowest BCUT2D eigenvalue weighted by Crippen LogP contribution is -2.30. The Balaban J connectivity index is 1.64. The van der Waals surface area contributed by atoms with E-state index in [0.29, 0.717) is 22.8 Å². The molecule has 150 valence electrons. The molecule has 0 fully saturated rings. The molecule has 7 heteroatoms. The molecule has 4 aromatic rings. The fourth-order valence-electron chi connectivity index (χ4n) is 3.18. The molecule has 30 heavy (non-hydrogen) atoms. The highest BCUT2D eigenvalue weighted by Gasteiger charge is 2.19. The highest BCUT2D eigenvalue weighted by molar-refractivity contribution is 7.13. The van der Waals surface area contributed by atoms with Crippen molar-refractivity contribution in [3.63, 3.8) is 0 Å². The maximum Gasteiger partial charge on any atom is 0.261 e. The van der Waals surface area contributed by atoms with Crippen molar-refractivity contribution in [2.45, 2.75) is 19.4 Å². The summed E-state index contributed by atoms with van der Waals surface area (Å²) in [6.07, 6.45) is 3.70. The fourth-order valence-corrected chi connectivity index (χ4v) is 3.96. The van der Waals surface area contributed by atoms with E-state index in [1.54, 1.807) is 18.5 Å². The third-order valence-electron chi connectivity index (χ3n) is 4.61. The van der Waals surface area contributed by atoms with E-state index >= 15 is 0 Å². The van der Waals surface area contributed by atoms with E-state index in [1.165, 1.54) is 17.4 Å². The maximum absolute atomic E-state index is 12.8. The second-order valence-corrected chi connectivity index (χ2v) is 8.17. The average molecular weight is 417 g/mol. The lowest BCUT2D eigenvalue weighted by molar-refractivity contribution is 0.0940. The van der Waals surface area contributed by atoms with Gasteiger partial charge in [-0.25, -0.2) is 4.98 Å². The SMILES string of the molecule is Cc1ccc(C(=O)NC(Cc2cc(=O)[nH]c(-c3cccnc3)n2)c2ccccc2)s1. The van der Waals surface area contributed by atoms with Crippen molar-refractivity contribution in [1.29, 1.82) is 0 Å². The molecule has 3 heterocycles. The Hall–Kier alpha value is -3.58. The van der Waals surface area contributed by atoms with Crippen LogP contribution in [0.4, 0.5) is 0 Å². The molecule has 0 aliphatic heterocycles. The third-order valence-corrected chi connectivity index (χ3v) is 5.61. The van der Waals surface area contributed by atoms with Gasteiger partial charge in [0, 0.05) is 35.3 Å². The van der Waals surface area contributed by atoms with Gasteiger partial charge in [-0.1, -0.05) is 30.3 Å². The smallest absolute Gasteiger partial charge is 0.261 e. The quantitative estimate of drug-likeness (QED) is 0.499. The van der Waals surface area contributed by atoms with Crippen LogP contribution in [0.25, 0.3) is 11.4 Å². The van der Waals surface area contributed by atoms with Gasteiger partial charge >= 0.3 is 0 Å². The summed E-state index contributed by atoms with van der Waals surface area (Å²) in [6.45, 7) is 1.97. The zero-order valence-electron chi connectivity index (χ0n) is 16.3. The molecule has 6 nitrogen and oxygen atoms in total. The number of aryl methyl sites for hydroxylation is 1. The first kappa shape index (κ1) is 19.7. The van der Waals surface area contributed by atoms with Gasteiger partial charge in [-0.05, 0) is 36.8 Å². The molecule has 2 N–H and O–H groups in total. The van der Waals surface area contributed by atoms with Crippen LogP contribution in [0.1, 0.15) is 31.8 Å². The van der Waals surface area contributed by atoms with Crippen LogP contribution >= 0.6 is 11.3 Å². The molecule has 0 saturated heterocycles. The Morgan fingerprint density at radius 2 is 1.97 bits per heavy atom. The van der Waals surface area contributed by atoms with E-state index in [1.807, 2.05) is 55.5 Å². The first-order valence-corrected chi connectivity index (χ1v) is 10.3. The van der Waals surface area contributed by atoms with Gasteiger partial charge in [-0.15, -0.1) is 11.3 Å². The van der Waals surface area contributed by atoms with Gasteiger partial charge in [0.15, 0.2) is 0 Å². The van der Waals surface area contributed by atoms with Crippen molar-refractivity contribution in [2.24, 2.45) is 0 Å². The van der Waals surface area contributed by atoms with Crippen LogP contribution in [0.5, 0.6) is 0 Å². The van der Waals surface area contributed by atoms with Gasteiger partial charge in [-0.2, -0.15) is 0 Å². The van der Waals surface area contributed by atoms with E-state index in [4.69, 9.17) is 0 Å². The summed E-state index contributed by atoms with van der Waals surface area (Å²) < 4.78 is 0. The van der Waals surface area contributed by atoms with Gasteiger partial charge in [-0.3, -0.25) is 14.6 Å². The Morgan fingerprint density at radius 3 is 2.67 bits per heavy atom. The second kappa shape index (κ2) is 8.84. The lowest BCUT2D eigenvalue weighted by atomic mass is 10.0. The van der Waals surface area contributed by atoms with E-state index in [0.717, 1.165) is 16.0 Å². The fraction of sp³-hybridized carbons (Fsp3) is 0.130. The summed E-state index contributed by atoms with van der Waals surface area (Å²) in [5.41, 5.74) is 2.02. The van der Waals surface area contributed by atoms with Crippen molar-refractivity contribution < 1.29 is 4.79 Å². The molecule has 0 aliphatic carbocycles. The number of nitrogens with one attached hydrogen (secondary N) is 2. The summed E-state index contributed by atoms with van der Waals surface area (Å²) in [4.78, 5) is 38.2. The number of rotatable bonds is 6. The van der Waals surface area contributed by atoms with Gasteiger partial charge < -0.3 is 10.3 Å². The zero-order valence-corrected chi connectivity index (χ0v) is 17.1. The van der Waals surface area contributed by atoms with E-state index in [9.17, 15) is 9.59 Å². The van der Waals surface area contributed by atoms with Crippen LogP contribution in [0.2, 0.25) is 0 Å². The average Bonchev–Trinajstić information content (AvgIpc) is 3.20. The maximum atomic E-state index is 12.8. The summed E-state index contributed by atoms with van der Waals surface area (Å²) in [5.74, 6) is 0.317. The number of aromatic nitrogens is 3. The van der Waals surface area contributed by atoms with Crippen molar-refractivity contribution in [3.05, 3.63) is 104 Å². The standard InChI is InChI=1S/C23H20N4O2S/c1-15-9-10-20(30-15)23(29)26-19(16-6-3-2-4-7-16)12-18-13-21(28)27-22(25-18)17-8-5-11-24-14-17/h2-11,13-14,19H,12H2,1H3,(H,26,29)(H,25,27,28). The number of hydrogen-bond donors (Lipinski definition) is 2. The van der Waals surface area contributed by atoms with Crippen molar-refractivity contribution in [1.82, 2.24) is 20.3 Å². The highest BCUT2D eigenvalue weighted by Crippen LogP contribution is 2.21. The number of aromatic amines is 1. The lowest BCUT2D eigenvalue weighted by Gasteiger charge is -2.19. The van der Waals surface area contributed by atoms with Crippen molar-refractivity contribution >= 4 is 17.2 Å². The summed E-state index contributed by atoms with van der Waals surface area (Å²) in [6, 6.07) is 18.2. The Morgan fingerprint density at radius 1 is 1.13 bits per heavy atom. The predicted octanol–water partition coefficient (Wildman–Crippen LogP) is 3.92. The first-order chi connectivity index (χ1) is 14.6. The van der Waals surface area contributed by atoms with Crippen LogP contribution in [0.15, 0.2) is 77.9 Å². The number of thiophene rings is 1. The minimum atomic E-state index is -0.322. The molecule has 1 atom stereocenters. The third kappa shape index (κ3) is 4.69. The second-order valence-electron chi connectivity index (χ2n) is 6.88. The number of H-pyrrole nitrogens is 1. The van der Waals surface area contributed by atoms with Gasteiger partial charge in [0.05, 0.1) is 16.6 Å². The van der Waals surface area contributed by atoms with Gasteiger partial charge in [0.25, 0.3) is 11.5 Å². The number of amides is 1. The van der Waals surface area contributed by atoms with Crippen LogP contribution < -0.4 is 10.9 Å². The molecule has 0 saturated carbocycles. The van der Waals surface area contributed by atoms with Gasteiger partial charge in [0.2, 0.25) is 0 Å². The molecule has 1 aromatic carbocycles. The number of carbonyl (C=O) groups excluding carboxylic acids is 1. The molecule has 3 aromatic heterocycles. The van der Waals surface area contributed by atoms with Crippen molar-refractivity contribution in [3.8, 4) is 11.4 Å². The summed E-state index contributed by atoms with van der Waals surface area (Å²) in [7, 11) is 0. The van der Waals surface area contributed by atoms with Crippen LogP contribution in [-0.2, 0) is 6.42 Å². The number of pyridine rings is 1. The van der Waals surface area contributed by atoms with Gasteiger partial charge in [0.1, 0.15) is 5.82 Å². The molecule has 0 radical (unpaired) electrons. The molecule has 4 rings (SSSR count). The Kier molecular flexibility index (Phi) is 5.81. The minimum Gasteiger partial charge on any atom is -0.344 e. The topological polar surface area (TPSA) is 87.7 Å². The van der Waals surface area contributed by atoms with E-state index < -0.39 is 0 Å². The largest absolute Gasteiger partial charge is 0.344 e. The number of benzene rings is 1. The Bertz CT molecular complexity index is 1200. The van der Waals surface area contributed by atoms with E-state index in [-0.39, 0.29) is 17.5 Å². The monoisotopic (exact) mass is 416 g/mol. The number of carbonyl (C=O) groups is 1. The molecule has 0 aliphatic rings. The Labute approximate surface area is 177 Å². The zero-order chi connectivity index (χ0) is 20.9. The number of hydrogen-bond acceptors (Lipinski definition) is 5. The molecule has 0 spiro atoms. The first-order valence-electron chi connectivity index (χ1n) is 9.51. The molecular weight excluding hydrogens is 396 g/mol. The summed E-state index contributed by atoms with van der Waals surface area (Å²) >= 11 is 1.45. The van der Waals surface area contributed by atoms with Crippen LogP contribution in [0, 0.1) is 6.92 Å². The van der Waals surface area contributed by atoms with Crippen molar-refractivity contribution in [2.75, 3.05) is 0 Å². The van der Waals surface area contributed by atoms with E-state index in [2.05, 4.69) is 20.3 Å². The molecule has 1 unspecified atom stereocenters. The highest BCUT2D eigenvalue weighted by atomic mass is 32.1. The molecule has 1 amide bonds. The van der Waals surface area contributed by atoms with Crippen LogP contribution in [-0.4, -0.2) is 20.9 Å². The van der Waals surface area contributed by atoms with Crippen LogP contribution in [0.3, 0.4) is 0 Å². The normalized spacial score (nSPS) is 11.8. The molecular formula is C23H20N4O2S. The predicted molar refractivity (Wildman–Crippen MR) is 117 cm³/mol. The minimum absolute atomic E-state index is 0.140. The number of nitrogens with zero attached hydrogens (tertiary/aromatic N) is 2. The molecule has 0 bridgehead atoms. The summed E-state index contributed by atoms with van der Waals surface area (Å²) in [5, 5.41) is 3.10.